The maximum Gasteiger partial charge on any atom is 0.266 e. The zero-order valence-electron chi connectivity index (χ0n) is 17.6. The summed E-state index contributed by atoms with van der Waals surface area (Å²) in [5, 5.41) is 4.78. The Morgan fingerprint density at radius 1 is 1.03 bits per heavy atom. The molecule has 1 N–H and O–H groups in total. The number of hydrogen-bond donors (Lipinski definition) is 1. The van der Waals surface area contributed by atoms with Gasteiger partial charge >= 0.3 is 0 Å². The second-order valence-electron chi connectivity index (χ2n) is 8.27. The van der Waals surface area contributed by atoms with Crippen LogP contribution in [0.25, 0.3) is 29.1 Å². The summed E-state index contributed by atoms with van der Waals surface area (Å²) < 4.78 is 2.89. The first kappa shape index (κ1) is 20.8. The second kappa shape index (κ2) is 8.32. The Kier molecular flexibility index (Phi) is 5.57. The molecule has 0 saturated heterocycles. The quantitative estimate of drug-likeness (QED) is 0.540. The third-order valence-corrected chi connectivity index (χ3v) is 5.74. The van der Waals surface area contributed by atoms with E-state index in [1.54, 1.807) is 0 Å². The third-order valence-electron chi connectivity index (χ3n) is 4.78. The van der Waals surface area contributed by atoms with Crippen molar-refractivity contribution in [1.82, 2.24) is 14.8 Å². The minimum atomic E-state index is -0.498. The zero-order valence-corrected chi connectivity index (χ0v) is 18.4. The molecule has 156 valence electrons. The molecule has 0 saturated carbocycles. The van der Waals surface area contributed by atoms with E-state index in [1.165, 1.54) is 17.4 Å². The van der Waals surface area contributed by atoms with Crippen LogP contribution in [-0.2, 0) is 4.79 Å². The first-order valence-electron chi connectivity index (χ1n) is 9.99. The molecule has 2 aromatic carbocycles. The molecule has 0 aliphatic heterocycles. The average molecular weight is 430 g/mol. The van der Waals surface area contributed by atoms with Crippen LogP contribution in [0.1, 0.15) is 26.3 Å². The molecule has 5 nitrogen and oxygen atoms in total. The minimum absolute atomic E-state index is 0.0292. The van der Waals surface area contributed by atoms with Gasteiger partial charge < -0.3 is 4.98 Å². The van der Waals surface area contributed by atoms with E-state index < -0.39 is 5.41 Å². The summed E-state index contributed by atoms with van der Waals surface area (Å²) in [4.78, 5) is 27.7. The molecule has 0 spiro atoms. The molecule has 31 heavy (non-hydrogen) atoms. The number of ketones is 1. The highest BCUT2D eigenvalue weighted by Gasteiger charge is 2.18. The molecule has 0 unspecified atom stereocenters. The molecule has 0 radical (unpaired) electrons. The molecule has 0 atom stereocenters. The maximum atomic E-state index is 12.6. The highest BCUT2D eigenvalue weighted by molar-refractivity contribution is 7.07. The van der Waals surface area contributed by atoms with Crippen LogP contribution < -0.4 is 14.8 Å². The van der Waals surface area contributed by atoms with Crippen LogP contribution in [0.4, 0.5) is 0 Å². The van der Waals surface area contributed by atoms with Crippen molar-refractivity contribution in [3.8, 4) is 16.9 Å². The monoisotopic (exact) mass is 429 g/mol. The number of thiazole rings is 1. The predicted molar refractivity (Wildman–Crippen MR) is 126 cm³/mol. The molecular formula is C25H23N3O2S. The van der Waals surface area contributed by atoms with E-state index in [1.807, 2.05) is 98.4 Å². The first-order chi connectivity index (χ1) is 14.8. The highest BCUT2D eigenvalue weighted by atomic mass is 32.1. The molecule has 4 aromatic rings. The van der Waals surface area contributed by atoms with Crippen molar-refractivity contribution in [1.29, 1.82) is 0 Å². The Labute approximate surface area is 184 Å². The fraction of sp³-hybridized carbons (Fsp3) is 0.160. The number of hydrogen-bond acceptors (Lipinski definition) is 4. The fourth-order valence-corrected chi connectivity index (χ4v) is 3.90. The van der Waals surface area contributed by atoms with Crippen LogP contribution in [0.15, 0.2) is 71.7 Å². The third kappa shape index (κ3) is 4.64. The molecule has 0 bridgehead atoms. The van der Waals surface area contributed by atoms with E-state index in [2.05, 4.69) is 4.98 Å². The summed E-state index contributed by atoms with van der Waals surface area (Å²) >= 11 is 1.27. The van der Waals surface area contributed by atoms with Gasteiger partial charge in [-0.15, -0.1) is 11.3 Å². The normalized spacial score (nSPS) is 13.0. The number of carbonyl (C=O) groups excluding carboxylic acids is 1. The van der Waals surface area contributed by atoms with Crippen LogP contribution in [0.5, 0.6) is 0 Å². The fourth-order valence-electron chi connectivity index (χ4n) is 3.03. The van der Waals surface area contributed by atoms with Gasteiger partial charge in [-0.2, -0.15) is 5.10 Å². The summed E-state index contributed by atoms with van der Waals surface area (Å²) in [5.41, 5.74) is 2.80. The predicted octanol–water partition coefficient (Wildman–Crippen LogP) is 3.51. The first-order valence-corrected chi connectivity index (χ1v) is 10.8. The number of benzene rings is 2. The molecule has 0 aliphatic rings. The standard InChI is InChI=1S/C25H23N3O2S/c1-25(2,3)21(29)15-22-26-24(30)20(31-22)14-18-16-28(19-12-8-5-9-13-19)27-23(18)17-10-6-4-7-11-17/h4-16H,1-3H3,(H,26,30). The number of rotatable bonds is 4. The SMILES string of the molecule is CC(C)(C)C(=O)C=c1[nH]c(=O)c(=Cc2cn(-c3ccccc3)nc2-c2ccccc2)s1. The van der Waals surface area contributed by atoms with Crippen molar-refractivity contribution in [3.63, 3.8) is 0 Å². The lowest BCUT2D eigenvalue weighted by Crippen LogP contribution is -2.22. The van der Waals surface area contributed by atoms with E-state index >= 15 is 0 Å². The van der Waals surface area contributed by atoms with Crippen molar-refractivity contribution in [2.24, 2.45) is 5.41 Å². The molecule has 0 aliphatic carbocycles. The second-order valence-corrected chi connectivity index (χ2v) is 9.35. The summed E-state index contributed by atoms with van der Waals surface area (Å²) in [5.74, 6) is -0.0292. The number of H-pyrrole nitrogens is 1. The van der Waals surface area contributed by atoms with Gasteiger partial charge in [0.25, 0.3) is 5.56 Å². The molecule has 4 rings (SSSR count). The zero-order chi connectivity index (χ0) is 22.0. The van der Waals surface area contributed by atoms with E-state index in [4.69, 9.17) is 5.10 Å². The van der Waals surface area contributed by atoms with Gasteiger partial charge in [0.05, 0.1) is 20.6 Å². The lowest BCUT2D eigenvalue weighted by Gasteiger charge is -2.12. The van der Waals surface area contributed by atoms with Crippen molar-refractivity contribution in [3.05, 3.63) is 92.0 Å². The van der Waals surface area contributed by atoms with Crippen LogP contribution in [0, 0.1) is 5.41 Å². The summed E-state index contributed by atoms with van der Waals surface area (Å²) in [6.45, 7) is 5.57. The molecule has 2 heterocycles. The average Bonchev–Trinajstić information content (AvgIpc) is 3.32. The Balaban J connectivity index is 1.86. The molecule has 6 heteroatoms. The van der Waals surface area contributed by atoms with Crippen molar-refractivity contribution in [2.45, 2.75) is 20.8 Å². The molecule has 0 fully saturated rings. The Morgan fingerprint density at radius 3 is 2.32 bits per heavy atom. The number of Topliss-reactive ketones (excluding diaryl/α,β-unsaturated/α-hetero) is 1. The van der Waals surface area contributed by atoms with Crippen molar-refractivity contribution >= 4 is 29.3 Å². The van der Waals surface area contributed by atoms with Gasteiger partial charge in [-0.05, 0) is 18.2 Å². The number of nitrogens with zero attached hydrogens (tertiary/aromatic N) is 2. The van der Waals surface area contributed by atoms with Gasteiger partial charge in [0.2, 0.25) is 0 Å². The van der Waals surface area contributed by atoms with E-state index in [0.717, 1.165) is 22.5 Å². The largest absolute Gasteiger partial charge is 0.313 e. The number of aromatic amines is 1. The van der Waals surface area contributed by atoms with Gasteiger partial charge in [0, 0.05) is 28.8 Å². The smallest absolute Gasteiger partial charge is 0.266 e. The van der Waals surface area contributed by atoms with Gasteiger partial charge in [0.15, 0.2) is 5.78 Å². The number of aromatic nitrogens is 3. The summed E-state index contributed by atoms with van der Waals surface area (Å²) in [6, 6.07) is 19.7. The minimum Gasteiger partial charge on any atom is -0.313 e. The Hall–Kier alpha value is -3.51. The van der Waals surface area contributed by atoms with Crippen LogP contribution in [-0.4, -0.2) is 20.5 Å². The number of para-hydroxylation sites is 1. The van der Waals surface area contributed by atoms with E-state index in [0.29, 0.717) is 9.20 Å². The lowest BCUT2D eigenvalue weighted by atomic mass is 9.91. The van der Waals surface area contributed by atoms with Crippen LogP contribution in [0.2, 0.25) is 0 Å². The molecular weight excluding hydrogens is 406 g/mol. The van der Waals surface area contributed by atoms with E-state index in [9.17, 15) is 9.59 Å². The summed E-state index contributed by atoms with van der Waals surface area (Å²) in [6.07, 6.45) is 5.26. The summed E-state index contributed by atoms with van der Waals surface area (Å²) in [7, 11) is 0. The topological polar surface area (TPSA) is 67.8 Å². The van der Waals surface area contributed by atoms with Crippen molar-refractivity contribution < 1.29 is 4.79 Å². The van der Waals surface area contributed by atoms with Gasteiger partial charge in [-0.25, -0.2) is 4.68 Å². The maximum absolute atomic E-state index is 12.6. The van der Waals surface area contributed by atoms with E-state index in [-0.39, 0.29) is 11.3 Å². The Morgan fingerprint density at radius 2 is 1.68 bits per heavy atom. The highest BCUT2D eigenvalue weighted by Crippen LogP contribution is 2.24. The van der Waals surface area contributed by atoms with Gasteiger partial charge in [-0.3, -0.25) is 9.59 Å². The van der Waals surface area contributed by atoms with Gasteiger partial charge in [0.1, 0.15) is 0 Å². The number of nitrogens with one attached hydrogen (secondary N) is 1. The molecule has 2 aromatic heterocycles. The van der Waals surface area contributed by atoms with Crippen LogP contribution in [0.3, 0.4) is 0 Å². The van der Waals surface area contributed by atoms with Crippen molar-refractivity contribution in [2.75, 3.05) is 0 Å². The van der Waals surface area contributed by atoms with Crippen LogP contribution >= 0.6 is 11.3 Å². The lowest BCUT2D eigenvalue weighted by molar-refractivity contribution is -0.119. The van der Waals surface area contributed by atoms with Gasteiger partial charge in [-0.1, -0.05) is 69.3 Å². The Bertz CT molecular complexity index is 1390. The number of carbonyl (C=O) groups is 1. The molecule has 0 amide bonds.